The topological polar surface area (TPSA) is 35.5 Å². The Bertz CT molecular complexity index is 228. The molecule has 0 aromatic rings. The quantitative estimate of drug-likeness (QED) is 0.670. The van der Waals surface area contributed by atoms with E-state index in [1.165, 1.54) is 19.3 Å². The Morgan fingerprint density at radius 2 is 2.06 bits per heavy atom. The third-order valence-corrected chi connectivity index (χ3v) is 3.59. The van der Waals surface area contributed by atoms with Gasteiger partial charge in [0.15, 0.2) is 6.10 Å². The van der Waals surface area contributed by atoms with Crippen LogP contribution in [0.25, 0.3) is 0 Å². The van der Waals surface area contributed by atoms with Crippen molar-refractivity contribution in [3.63, 3.8) is 0 Å². The van der Waals surface area contributed by atoms with E-state index >= 15 is 0 Å². The summed E-state index contributed by atoms with van der Waals surface area (Å²) in [6, 6.07) is 0. The van der Waals surface area contributed by atoms with E-state index < -0.39 is 0 Å². The summed E-state index contributed by atoms with van der Waals surface area (Å²) in [5.74, 6) is 0.571. The molecule has 1 saturated carbocycles. The van der Waals surface area contributed by atoms with Crippen molar-refractivity contribution in [3.8, 4) is 0 Å². The predicted octanol–water partition coefficient (Wildman–Crippen LogP) is 3.31. The van der Waals surface area contributed by atoms with E-state index in [4.69, 9.17) is 9.47 Å². The van der Waals surface area contributed by atoms with Crippen molar-refractivity contribution in [2.75, 3.05) is 6.61 Å². The van der Waals surface area contributed by atoms with Crippen LogP contribution in [0.2, 0.25) is 0 Å². The minimum atomic E-state index is -0.365. The molecule has 1 aliphatic carbocycles. The molecule has 0 amide bonds. The van der Waals surface area contributed by atoms with Crippen LogP contribution < -0.4 is 0 Å². The minimum absolute atomic E-state index is 0.200. The first-order chi connectivity index (χ1) is 8.21. The SMILES string of the molecule is CCOC(=O)C(CC)OC1CCCC(CC)C1. The van der Waals surface area contributed by atoms with Crippen LogP contribution in [0, 0.1) is 5.92 Å². The molecular weight excluding hydrogens is 216 g/mol. The number of hydrogen-bond donors (Lipinski definition) is 0. The van der Waals surface area contributed by atoms with Gasteiger partial charge in [0.25, 0.3) is 0 Å². The zero-order valence-electron chi connectivity index (χ0n) is 11.4. The van der Waals surface area contributed by atoms with Crippen molar-refractivity contribution >= 4 is 5.97 Å². The largest absolute Gasteiger partial charge is 0.464 e. The second kappa shape index (κ2) is 7.70. The fraction of sp³-hybridized carbons (Fsp3) is 0.929. The lowest BCUT2D eigenvalue weighted by molar-refractivity contribution is -0.162. The van der Waals surface area contributed by atoms with Gasteiger partial charge in [-0.15, -0.1) is 0 Å². The van der Waals surface area contributed by atoms with Gasteiger partial charge in [0, 0.05) is 0 Å². The molecule has 100 valence electrons. The van der Waals surface area contributed by atoms with Gasteiger partial charge in [0.05, 0.1) is 12.7 Å². The van der Waals surface area contributed by atoms with Crippen molar-refractivity contribution in [1.29, 1.82) is 0 Å². The molecule has 0 aromatic carbocycles. The molecule has 0 N–H and O–H groups in total. The summed E-state index contributed by atoms with van der Waals surface area (Å²) in [6.07, 6.45) is 6.54. The Labute approximate surface area is 105 Å². The minimum Gasteiger partial charge on any atom is -0.464 e. The van der Waals surface area contributed by atoms with Crippen LogP contribution in [0.1, 0.15) is 59.3 Å². The van der Waals surface area contributed by atoms with Crippen molar-refractivity contribution in [2.24, 2.45) is 5.92 Å². The molecule has 0 spiro atoms. The zero-order valence-corrected chi connectivity index (χ0v) is 11.4. The van der Waals surface area contributed by atoms with E-state index in [2.05, 4.69) is 6.92 Å². The molecule has 17 heavy (non-hydrogen) atoms. The lowest BCUT2D eigenvalue weighted by atomic mass is 9.85. The van der Waals surface area contributed by atoms with Crippen LogP contribution in [-0.2, 0) is 14.3 Å². The first-order valence-corrected chi connectivity index (χ1v) is 7.03. The molecule has 3 atom stereocenters. The number of carbonyl (C=O) groups excluding carboxylic acids is 1. The summed E-state index contributed by atoms with van der Waals surface area (Å²) in [5.41, 5.74) is 0. The molecule has 0 aliphatic heterocycles. The maximum Gasteiger partial charge on any atom is 0.335 e. The van der Waals surface area contributed by atoms with Crippen LogP contribution in [0.3, 0.4) is 0 Å². The molecule has 3 heteroatoms. The molecular formula is C14H26O3. The Morgan fingerprint density at radius 1 is 1.29 bits per heavy atom. The van der Waals surface area contributed by atoms with Gasteiger partial charge in [-0.25, -0.2) is 4.79 Å². The summed E-state index contributed by atoms with van der Waals surface area (Å²) in [7, 11) is 0. The van der Waals surface area contributed by atoms with Gasteiger partial charge >= 0.3 is 5.97 Å². The highest BCUT2D eigenvalue weighted by Crippen LogP contribution is 2.29. The number of carbonyl (C=O) groups is 1. The number of hydrogen-bond acceptors (Lipinski definition) is 3. The summed E-state index contributed by atoms with van der Waals surface area (Å²) in [4.78, 5) is 11.7. The lowest BCUT2D eigenvalue weighted by Crippen LogP contribution is -2.33. The normalized spacial score (nSPS) is 26.5. The average molecular weight is 242 g/mol. The van der Waals surface area contributed by atoms with E-state index in [9.17, 15) is 4.79 Å². The molecule has 1 aliphatic rings. The fourth-order valence-corrected chi connectivity index (χ4v) is 2.52. The molecule has 0 saturated heterocycles. The summed E-state index contributed by atoms with van der Waals surface area (Å²) in [6.45, 7) is 6.47. The van der Waals surface area contributed by atoms with E-state index in [0.717, 1.165) is 18.8 Å². The van der Waals surface area contributed by atoms with E-state index in [0.29, 0.717) is 13.0 Å². The van der Waals surface area contributed by atoms with Gasteiger partial charge in [-0.2, -0.15) is 0 Å². The third-order valence-electron chi connectivity index (χ3n) is 3.59. The van der Waals surface area contributed by atoms with Gasteiger partial charge in [-0.3, -0.25) is 0 Å². The van der Waals surface area contributed by atoms with Crippen LogP contribution in [0.5, 0.6) is 0 Å². The molecule has 0 heterocycles. The number of ether oxygens (including phenoxy) is 2. The second-order valence-corrected chi connectivity index (χ2v) is 4.85. The monoisotopic (exact) mass is 242 g/mol. The van der Waals surface area contributed by atoms with E-state index in [1.807, 2.05) is 13.8 Å². The smallest absolute Gasteiger partial charge is 0.335 e. The Kier molecular flexibility index (Phi) is 6.56. The van der Waals surface area contributed by atoms with E-state index in [-0.39, 0.29) is 18.2 Å². The van der Waals surface area contributed by atoms with Crippen molar-refractivity contribution in [1.82, 2.24) is 0 Å². The van der Waals surface area contributed by atoms with E-state index in [1.54, 1.807) is 0 Å². The lowest BCUT2D eigenvalue weighted by Gasteiger charge is -2.30. The number of esters is 1. The van der Waals surface area contributed by atoms with Gasteiger partial charge in [-0.1, -0.05) is 33.1 Å². The average Bonchev–Trinajstić information content (AvgIpc) is 2.36. The summed E-state index contributed by atoms with van der Waals surface area (Å²) in [5, 5.41) is 0. The highest BCUT2D eigenvalue weighted by atomic mass is 16.6. The fourth-order valence-electron chi connectivity index (χ4n) is 2.52. The van der Waals surface area contributed by atoms with Crippen molar-refractivity contribution in [3.05, 3.63) is 0 Å². The Balaban J connectivity index is 2.41. The first-order valence-electron chi connectivity index (χ1n) is 7.03. The van der Waals surface area contributed by atoms with Gasteiger partial charge < -0.3 is 9.47 Å². The predicted molar refractivity (Wildman–Crippen MR) is 67.8 cm³/mol. The second-order valence-electron chi connectivity index (χ2n) is 4.85. The Hall–Kier alpha value is -0.570. The van der Waals surface area contributed by atoms with Gasteiger partial charge in [0.1, 0.15) is 0 Å². The molecule has 0 aromatic heterocycles. The number of rotatable bonds is 6. The Morgan fingerprint density at radius 3 is 2.65 bits per heavy atom. The highest BCUT2D eigenvalue weighted by molar-refractivity contribution is 5.74. The molecule has 3 unspecified atom stereocenters. The molecule has 3 nitrogen and oxygen atoms in total. The third kappa shape index (κ3) is 4.66. The first kappa shape index (κ1) is 14.5. The van der Waals surface area contributed by atoms with Crippen LogP contribution >= 0.6 is 0 Å². The van der Waals surface area contributed by atoms with Crippen LogP contribution in [0.4, 0.5) is 0 Å². The molecule has 1 fully saturated rings. The summed E-state index contributed by atoms with van der Waals surface area (Å²) >= 11 is 0. The maximum absolute atomic E-state index is 11.7. The molecule has 1 rings (SSSR count). The maximum atomic E-state index is 11.7. The zero-order chi connectivity index (χ0) is 12.7. The highest BCUT2D eigenvalue weighted by Gasteiger charge is 2.27. The standard InChI is InChI=1S/C14H26O3/c1-4-11-8-7-9-12(10-11)17-13(5-2)14(15)16-6-3/h11-13H,4-10H2,1-3H3. The van der Waals surface area contributed by atoms with Gasteiger partial charge in [0.2, 0.25) is 0 Å². The van der Waals surface area contributed by atoms with Gasteiger partial charge in [-0.05, 0) is 32.1 Å². The van der Waals surface area contributed by atoms with Crippen molar-refractivity contribution < 1.29 is 14.3 Å². The molecule has 0 radical (unpaired) electrons. The van der Waals surface area contributed by atoms with Crippen LogP contribution in [0.15, 0.2) is 0 Å². The molecule has 0 bridgehead atoms. The van der Waals surface area contributed by atoms with Crippen LogP contribution in [-0.4, -0.2) is 24.8 Å². The summed E-state index contributed by atoms with van der Waals surface area (Å²) < 4.78 is 10.9. The van der Waals surface area contributed by atoms with Crippen molar-refractivity contribution in [2.45, 2.75) is 71.5 Å².